The molecule has 0 aliphatic heterocycles. The van der Waals surface area contributed by atoms with E-state index < -0.39 is 0 Å². The molecule has 0 unspecified atom stereocenters. The summed E-state index contributed by atoms with van der Waals surface area (Å²) in [7, 11) is 1.76. The van der Waals surface area contributed by atoms with Gasteiger partial charge in [-0.15, -0.1) is 11.3 Å². The SMILES string of the molecule is CN(C(=O)c1ccc(Br)s1)c1ccncc1. The molecule has 2 rings (SSSR count). The minimum Gasteiger partial charge on any atom is -0.311 e. The number of amides is 1. The van der Waals surface area contributed by atoms with Gasteiger partial charge < -0.3 is 4.90 Å². The molecular formula is C11H9BrN2OS. The summed E-state index contributed by atoms with van der Waals surface area (Å²) in [4.78, 5) is 18.3. The molecule has 0 aliphatic carbocycles. The fourth-order valence-electron chi connectivity index (χ4n) is 1.28. The topological polar surface area (TPSA) is 33.2 Å². The summed E-state index contributed by atoms with van der Waals surface area (Å²) in [5.41, 5.74) is 0.838. The Hall–Kier alpha value is -1.20. The van der Waals surface area contributed by atoms with Crippen LogP contribution >= 0.6 is 27.3 Å². The van der Waals surface area contributed by atoms with E-state index in [0.717, 1.165) is 9.47 Å². The zero-order valence-electron chi connectivity index (χ0n) is 8.55. The summed E-state index contributed by atoms with van der Waals surface area (Å²) in [5.74, 6) is -0.0121. The van der Waals surface area contributed by atoms with E-state index in [1.54, 1.807) is 36.5 Å². The molecule has 0 fully saturated rings. The number of nitrogens with zero attached hydrogens (tertiary/aromatic N) is 2. The monoisotopic (exact) mass is 296 g/mol. The van der Waals surface area contributed by atoms with E-state index in [2.05, 4.69) is 20.9 Å². The van der Waals surface area contributed by atoms with Gasteiger partial charge in [0.25, 0.3) is 5.91 Å². The molecule has 0 atom stereocenters. The molecular weight excluding hydrogens is 288 g/mol. The van der Waals surface area contributed by atoms with Gasteiger partial charge in [0.05, 0.1) is 8.66 Å². The van der Waals surface area contributed by atoms with Crippen LogP contribution in [0.25, 0.3) is 0 Å². The van der Waals surface area contributed by atoms with E-state index in [4.69, 9.17) is 0 Å². The molecule has 0 aliphatic rings. The van der Waals surface area contributed by atoms with Crippen LogP contribution in [0.3, 0.4) is 0 Å². The summed E-state index contributed by atoms with van der Waals surface area (Å²) >= 11 is 4.77. The number of carbonyl (C=O) groups is 1. The van der Waals surface area contributed by atoms with Crippen LogP contribution in [0.1, 0.15) is 9.67 Å². The quantitative estimate of drug-likeness (QED) is 0.853. The maximum absolute atomic E-state index is 12.1. The van der Waals surface area contributed by atoms with Gasteiger partial charge >= 0.3 is 0 Å². The lowest BCUT2D eigenvalue weighted by Gasteiger charge is -2.15. The molecule has 2 aromatic rings. The second-order valence-electron chi connectivity index (χ2n) is 3.17. The normalized spacial score (nSPS) is 10.1. The largest absolute Gasteiger partial charge is 0.311 e. The molecule has 0 bridgehead atoms. The van der Waals surface area contributed by atoms with Crippen molar-refractivity contribution in [1.82, 2.24) is 4.98 Å². The van der Waals surface area contributed by atoms with Crippen LogP contribution in [0.4, 0.5) is 5.69 Å². The fourth-order valence-corrected chi connectivity index (χ4v) is 2.64. The van der Waals surface area contributed by atoms with Gasteiger partial charge in [-0.3, -0.25) is 9.78 Å². The zero-order valence-corrected chi connectivity index (χ0v) is 11.0. The number of aromatic nitrogens is 1. The van der Waals surface area contributed by atoms with Gasteiger partial charge in [-0.2, -0.15) is 0 Å². The van der Waals surface area contributed by atoms with Gasteiger partial charge in [-0.25, -0.2) is 0 Å². The van der Waals surface area contributed by atoms with E-state index >= 15 is 0 Å². The first-order chi connectivity index (χ1) is 7.68. The number of hydrogen-bond acceptors (Lipinski definition) is 3. The van der Waals surface area contributed by atoms with Gasteiger partial charge in [0.2, 0.25) is 0 Å². The number of thiophene rings is 1. The standard InChI is InChI=1S/C11H9BrN2OS/c1-14(8-4-6-13-7-5-8)11(15)9-2-3-10(12)16-9/h2-7H,1H3. The van der Waals surface area contributed by atoms with Crippen molar-refractivity contribution in [2.24, 2.45) is 0 Å². The summed E-state index contributed by atoms with van der Waals surface area (Å²) < 4.78 is 0.957. The lowest BCUT2D eigenvalue weighted by molar-refractivity contribution is 0.0997. The van der Waals surface area contributed by atoms with Crippen LogP contribution < -0.4 is 4.90 Å². The second-order valence-corrected chi connectivity index (χ2v) is 5.64. The van der Waals surface area contributed by atoms with Crippen LogP contribution in [0.2, 0.25) is 0 Å². The predicted octanol–water partition coefficient (Wildman–Crippen LogP) is 3.18. The van der Waals surface area contributed by atoms with Crippen molar-refractivity contribution in [3.63, 3.8) is 0 Å². The Labute approximate surface area is 106 Å². The minimum absolute atomic E-state index is 0.0121. The molecule has 2 aromatic heterocycles. The molecule has 0 saturated carbocycles. The number of pyridine rings is 1. The summed E-state index contributed by atoms with van der Waals surface area (Å²) in [6.45, 7) is 0. The Balaban J connectivity index is 2.23. The maximum atomic E-state index is 12.1. The number of anilines is 1. The third kappa shape index (κ3) is 2.31. The lowest BCUT2D eigenvalue weighted by atomic mass is 10.3. The highest BCUT2D eigenvalue weighted by Crippen LogP contribution is 2.24. The van der Waals surface area contributed by atoms with E-state index in [9.17, 15) is 4.79 Å². The summed E-state index contributed by atoms with van der Waals surface area (Å²) in [6, 6.07) is 7.30. The van der Waals surface area contributed by atoms with Gasteiger partial charge in [-0.05, 0) is 40.2 Å². The third-order valence-electron chi connectivity index (χ3n) is 2.14. The van der Waals surface area contributed by atoms with Crippen molar-refractivity contribution in [2.75, 3.05) is 11.9 Å². The van der Waals surface area contributed by atoms with Gasteiger partial charge in [0.15, 0.2) is 0 Å². The maximum Gasteiger partial charge on any atom is 0.268 e. The van der Waals surface area contributed by atoms with Crippen LogP contribution in [-0.4, -0.2) is 17.9 Å². The molecule has 0 aromatic carbocycles. The second kappa shape index (κ2) is 4.76. The Morgan fingerprint density at radius 3 is 2.56 bits per heavy atom. The highest BCUT2D eigenvalue weighted by molar-refractivity contribution is 9.11. The van der Waals surface area contributed by atoms with Gasteiger partial charge in [0, 0.05) is 25.1 Å². The van der Waals surface area contributed by atoms with Gasteiger partial charge in [-0.1, -0.05) is 0 Å². The molecule has 16 heavy (non-hydrogen) atoms. The first-order valence-electron chi connectivity index (χ1n) is 4.62. The Morgan fingerprint density at radius 1 is 1.31 bits per heavy atom. The molecule has 1 amide bonds. The Bertz CT molecular complexity index is 498. The highest BCUT2D eigenvalue weighted by Gasteiger charge is 2.14. The number of hydrogen-bond donors (Lipinski definition) is 0. The molecule has 5 heteroatoms. The van der Waals surface area contributed by atoms with Crippen molar-refractivity contribution >= 4 is 38.9 Å². The van der Waals surface area contributed by atoms with Crippen molar-refractivity contribution < 1.29 is 4.79 Å². The van der Waals surface area contributed by atoms with Crippen molar-refractivity contribution in [2.45, 2.75) is 0 Å². The van der Waals surface area contributed by atoms with Crippen LogP contribution in [0, 0.1) is 0 Å². The van der Waals surface area contributed by atoms with Crippen LogP contribution in [0.15, 0.2) is 40.4 Å². The van der Waals surface area contributed by atoms with Crippen LogP contribution in [0.5, 0.6) is 0 Å². The number of halogens is 1. The lowest BCUT2D eigenvalue weighted by Crippen LogP contribution is -2.25. The van der Waals surface area contributed by atoms with Crippen molar-refractivity contribution in [1.29, 1.82) is 0 Å². The molecule has 0 N–H and O–H groups in total. The molecule has 0 saturated heterocycles. The first-order valence-corrected chi connectivity index (χ1v) is 6.23. The van der Waals surface area contributed by atoms with E-state index in [-0.39, 0.29) is 5.91 Å². The fraction of sp³-hybridized carbons (Fsp3) is 0.0909. The summed E-state index contributed by atoms with van der Waals surface area (Å²) in [6.07, 6.45) is 3.34. The predicted molar refractivity (Wildman–Crippen MR) is 69.0 cm³/mol. The molecule has 0 radical (unpaired) electrons. The Morgan fingerprint density at radius 2 is 2.00 bits per heavy atom. The van der Waals surface area contributed by atoms with E-state index in [0.29, 0.717) is 4.88 Å². The average Bonchev–Trinajstić information content (AvgIpc) is 2.75. The smallest absolute Gasteiger partial charge is 0.268 e. The molecule has 82 valence electrons. The van der Waals surface area contributed by atoms with E-state index in [1.165, 1.54) is 11.3 Å². The van der Waals surface area contributed by atoms with E-state index in [1.807, 2.05) is 12.1 Å². The van der Waals surface area contributed by atoms with Crippen molar-refractivity contribution in [3.8, 4) is 0 Å². The zero-order chi connectivity index (χ0) is 11.5. The number of carbonyl (C=O) groups excluding carboxylic acids is 1. The number of rotatable bonds is 2. The van der Waals surface area contributed by atoms with Gasteiger partial charge in [0.1, 0.15) is 0 Å². The molecule has 3 nitrogen and oxygen atoms in total. The third-order valence-corrected chi connectivity index (χ3v) is 3.75. The van der Waals surface area contributed by atoms with Crippen LogP contribution in [-0.2, 0) is 0 Å². The molecule has 0 spiro atoms. The minimum atomic E-state index is -0.0121. The molecule has 2 heterocycles. The Kier molecular flexibility index (Phi) is 3.36. The first kappa shape index (κ1) is 11.3. The summed E-state index contributed by atoms with van der Waals surface area (Å²) in [5, 5.41) is 0. The highest BCUT2D eigenvalue weighted by atomic mass is 79.9. The van der Waals surface area contributed by atoms with Crippen molar-refractivity contribution in [3.05, 3.63) is 45.3 Å². The average molecular weight is 297 g/mol.